The zero-order chi connectivity index (χ0) is 9.83. The average molecular weight is 237 g/mol. The van der Waals surface area contributed by atoms with Gasteiger partial charge in [-0.2, -0.15) is 13.2 Å². The molecule has 0 atom stereocenters. The van der Waals surface area contributed by atoms with E-state index in [9.17, 15) is 13.2 Å². The lowest BCUT2D eigenvalue weighted by molar-refractivity contribution is -0.130. The van der Waals surface area contributed by atoms with Crippen LogP contribution in [-0.4, -0.2) is 12.9 Å². The van der Waals surface area contributed by atoms with Gasteiger partial charge in [0.25, 0.3) is 6.69 Å². The van der Waals surface area contributed by atoms with E-state index in [-0.39, 0.29) is 6.04 Å². The van der Waals surface area contributed by atoms with E-state index in [0.717, 1.165) is 0 Å². The highest BCUT2D eigenvalue weighted by molar-refractivity contribution is 7.45. The maximum absolute atomic E-state index is 11.7. The Kier molecular flexibility index (Phi) is 4.65. The summed E-state index contributed by atoms with van der Waals surface area (Å²) in [5.41, 5.74) is 0. The Labute approximate surface area is 79.8 Å². The Morgan fingerprint density at radius 2 is 1.83 bits per heavy atom. The molecule has 0 saturated carbocycles. The van der Waals surface area contributed by atoms with Crippen molar-refractivity contribution < 1.29 is 13.2 Å². The number of alkyl halides is 3. The number of hydrogen-bond donors (Lipinski definition) is 0. The fourth-order valence-electron chi connectivity index (χ4n) is 0.638. The molecule has 0 bridgehead atoms. The molecule has 0 aromatic rings. The van der Waals surface area contributed by atoms with Gasteiger partial charge in [0.05, 0.1) is 0 Å². The maximum atomic E-state index is 11.7. The van der Waals surface area contributed by atoms with Crippen LogP contribution in [0.15, 0.2) is 12.7 Å². The van der Waals surface area contributed by atoms with Crippen molar-refractivity contribution in [1.82, 2.24) is 0 Å². The van der Waals surface area contributed by atoms with Gasteiger partial charge in [-0.25, -0.2) is 0 Å². The molecular weight excluding hydrogens is 228 g/mol. The third-order valence-corrected chi connectivity index (χ3v) is 5.14. The van der Waals surface area contributed by atoms with Crippen LogP contribution in [0.3, 0.4) is 0 Å². The molecule has 6 heteroatoms. The number of allylic oxidation sites excluding steroid dienone is 1. The molecule has 0 unspecified atom stereocenters. The van der Waals surface area contributed by atoms with Crippen LogP contribution in [0.5, 0.6) is 0 Å². The molecule has 0 aliphatic rings. The molecule has 0 N–H and O–H groups in total. The van der Waals surface area contributed by atoms with Gasteiger partial charge in [-0.3, -0.25) is 0 Å². The van der Waals surface area contributed by atoms with E-state index in [0.29, 0.717) is 6.04 Å². The van der Waals surface area contributed by atoms with Crippen molar-refractivity contribution in [2.24, 2.45) is 0 Å². The van der Waals surface area contributed by atoms with Crippen LogP contribution in [0.4, 0.5) is 13.2 Å². The lowest BCUT2D eigenvalue weighted by atomic mass is 10.5. The Bertz CT molecular complexity index is 155. The summed E-state index contributed by atoms with van der Waals surface area (Å²) < 4.78 is 35.1. The minimum absolute atomic E-state index is 0.161. The molecule has 0 saturated heterocycles. The van der Waals surface area contributed by atoms with Crippen LogP contribution < -0.4 is 0 Å². The molecule has 0 nitrogen and oxygen atoms in total. The van der Waals surface area contributed by atoms with Gasteiger partial charge in [-0.15, -0.1) is 28.7 Å². The first-order chi connectivity index (χ1) is 5.27. The molecular formula is C6H9Cl2F3Si. The van der Waals surface area contributed by atoms with Crippen molar-refractivity contribution in [3.8, 4) is 0 Å². The van der Waals surface area contributed by atoms with Gasteiger partial charge in [-0.05, 0) is 12.1 Å². The maximum Gasteiger partial charge on any atom is 0.388 e. The number of hydrogen-bond acceptors (Lipinski definition) is 0. The van der Waals surface area contributed by atoms with Gasteiger partial charge in [0.1, 0.15) is 0 Å². The van der Waals surface area contributed by atoms with Gasteiger partial charge in [0.2, 0.25) is 0 Å². The van der Waals surface area contributed by atoms with Crippen LogP contribution in [0, 0.1) is 0 Å². The molecule has 0 rings (SSSR count). The van der Waals surface area contributed by atoms with Crippen molar-refractivity contribution in [2.75, 3.05) is 0 Å². The number of halogens is 5. The second-order valence-corrected chi connectivity index (χ2v) is 10.0. The van der Waals surface area contributed by atoms with E-state index in [1.54, 1.807) is 0 Å². The molecule has 0 fully saturated rings. The summed E-state index contributed by atoms with van der Waals surface area (Å²) >= 11 is 11.4. The summed E-state index contributed by atoms with van der Waals surface area (Å²) in [4.78, 5) is 0. The SMILES string of the molecule is C=CC[Si](Cl)(Cl)CCC(F)(F)F. The van der Waals surface area contributed by atoms with Crippen LogP contribution in [-0.2, 0) is 0 Å². The molecule has 0 aliphatic heterocycles. The van der Waals surface area contributed by atoms with E-state index in [2.05, 4.69) is 6.58 Å². The molecule has 0 amide bonds. The van der Waals surface area contributed by atoms with E-state index in [4.69, 9.17) is 22.2 Å². The van der Waals surface area contributed by atoms with Crippen molar-refractivity contribution in [1.29, 1.82) is 0 Å². The van der Waals surface area contributed by atoms with Gasteiger partial charge < -0.3 is 0 Å². The molecule has 72 valence electrons. The lowest BCUT2D eigenvalue weighted by Crippen LogP contribution is -2.21. The third kappa shape index (κ3) is 7.00. The standard InChI is InChI=1S/C6H9Cl2F3Si/c1-2-4-12(7,8)5-3-6(9,10)11/h2H,1,3-5H2. The summed E-state index contributed by atoms with van der Waals surface area (Å²) in [5, 5.41) is 0. The van der Waals surface area contributed by atoms with E-state index in [1.165, 1.54) is 6.08 Å². The molecule has 0 aromatic heterocycles. The first-order valence-electron chi connectivity index (χ1n) is 3.32. The zero-order valence-electron chi connectivity index (χ0n) is 6.30. The van der Waals surface area contributed by atoms with E-state index in [1.807, 2.05) is 0 Å². The van der Waals surface area contributed by atoms with Crippen molar-refractivity contribution in [3.05, 3.63) is 12.7 Å². The minimum Gasteiger partial charge on any atom is -0.171 e. The summed E-state index contributed by atoms with van der Waals surface area (Å²) in [6.45, 7) is 0.668. The summed E-state index contributed by atoms with van der Waals surface area (Å²) in [6.07, 6.45) is -3.61. The van der Waals surface area contributed by atoms with Gasteiger partial charge in [0.15, 0.2) is 0 Å². The van der Waals surface area contributed by atoms with E-state index >= 15 is 0 Å². The fraction of sp³-hybridized carbons (Fsp3) is 0.667. The van der Waals surface area contributed by atoms with Crippen molar-refractivity contribution >= 4 is 28.9 Å². The van der Waals surface area contributed by atoms with Crippen molar-refractivity contribution in [2.45, 2.75) is 24.7 Å². The lowest BCUT2D eigenvalue weighted by Gasteiger charge is -2.15. The first kappa shape index (κ1) is 12.3. The summed E-state index contributed by atoms with van der Waals surface area (Å²) in [5.74, 6) is 0. The largest absolute Gasteiger partial charge is 0.388 e. The van der Waals surface area contributed by atoms with Crippen molar-refractivity contribution in [3.63, 3.8) is 0 Å². The monoisotopic (exact) mass is 236 g/mol. The summed E-state index contributed by atoms with van der Waals surface area (Å²) in [6, 6.07) is 0.137. The van der Waals surface area contributed by atoms with Crippen LogP contribution in [0.1, 0.15) is 6.42 Å². The summed E-state index contributed by atoms with van der Waals surface area (Å²) in [7, 11) is 0. The first-order valence-corrected chi connectivity index (χ1v) is 7.76. The molecule has 0 radical (unpaired) electrons. The highest BCUT2D eigenvalue weighted by Crippen LogP contribution is 2.32. The predicted molar refractivity (Wildman–Crippen MR) is 47.9 cm³/mol. The van der Waals surface area contributed by atoms with Gasteiger partial charge >= 0.3 is 6.18 Å². The molecule has 12 heavy (non-hydrogen) atoms. The fourth-order valence-corrected chi connectivity index (χ4v) is 3.14. The molecule has 0 heterocycles. The topological polar surface area (TPSA) is 0 Å². The predicted octanol–water partition coefficient (Wildman–Crippen LogP) is 4.04. The average Bonchev–Trinajstić information content (AvgIpc) is 1.83. The van der Waals surface area contributed by atoms with Crippen LogP contribution in [0.2, 0.25) is 12.1 Å². The normalized spacial score (nSPS) is 13.1. The van der Waals surface area contributed by atoms with Gasteiger partial charge in [-0.1, -0.05) is 6.08 Å². The van der Waals surface area contributed by atoms with Crippen LogP contribution in [0.25, 0.3) is 0 Å². The highest BCUT2D eigenvalue weighted by Gasteiger charge is 2.34. The Balaban J connectivity index is 3.83. The van der Waals surface area contributed by atoms with Crippen LogP contribution >= 0.6 is 22.2 Å². The quantitative estimate of drug-likeness (QED) is 0.393. The van der Waals surface area contributed by atoms with E-state index < -0.39 is 19.3 Å². The minimum atomic E-state index is -4.16. The Hall–Kier alpha value is 0.327. The Morgan fingerprint density at radius 1 is 1.33 bits per heavy atom. The second-order valence-electron chi connectivity index (χ2n) is 2.46. The molecule has 0 aliphatic carbocycles. The molecule has 0 spiro atoms. The van der Waals surface area contributed by atoms with Gasteiger partial charge in [0, 0.05) is 6.42 Å². The Morgan fingerprint density at radius 3 is 2.17 bits per heavy atom. The highest BCUT2D eigenvalue weighted by atomic mass is 35.7. The third-order valence-electron chi connectivity index (χ3n) is 1.22. The smallest absolute Gasteiger partial charge is 0.171 e. The number of rotatable bonds is 4. The molecule has 0 aromatic carbocycles. The second kappa shape index (κ2) is 4.53. The zero-order valence-corrected chi connectivity index (χ0v) is 8.81.